The van der Waals surface area contributed by atoms with Crippen molar-refractivity contribution in [3.05, 3.63) is 89.7 Å². The van der Waals surface area contributed by atoms with Gasteiger partial charge in [0, 0.05) is 22.9 Å². The van der Waals surface area contributed by atoms with E-state index in [4.69, 9.17) is 4.74 Å². The first-order valence-electron chi connectivity index (χ1n) is 10.2. The van der Waals surface area contributed by atoms with E-state index in [9.17, 15) is 14.0 Å². The molecule has 0 aliphatic rings. The van der Waals surface area contributed by atoms with Crippen molar-refractivity contribution < 1.29 is 18.7 Å². The van der Waals surface area contributed by atoms with Crippen LogP contribution in [0.3, 0.4) is 0 Å². The van der Waals surface area contributed by atoms with E-state index >= 15 is 0 Å². The van der Waals surface area contributed by atoms with Gasteiger partial charge in [0.1, 0.15) is 11.6 Å². The normalized spacial score (nSPS) is 12.5. The third-order valence-corrected chi connectivity index (χ3v) is 5.03. The van der Waals surface area contributed by atoms with Crippen LogP contribution in [0, 0.1) is 5.82 Å². The number of ether oxygens (including phenoxy) is 1. The lowest BCUT2D eigenvalue weighted by Gasteiger charge is -2.20. The van der Waals surface area contributed by atoms with Crippen molar-refractivity contribution in [1.29, 1.82) is 0 Å². The number of hydrogen-bond acceptors (Lipinski definition) is 4. The van der Waals surface area contributed by atoms with Crippen molar-refractivity contribution in [2.75, 3.05) is 17.7 Å². The molecule has 0 fully saturated rings. The zero-order valence-corrected chi connectivity index (χ0v) is 18.2. The van der Waals surface area contributed by atoms with Crippen molar-refractivity contribution in [3.8, 4) is 5.75 Å². The van der Waals surface area contributed by atoms with E-state index in [1.807, 2.05) is 6.07 Å². The SMILES string of the molecule is COc1ccccc1NC(=O)c1ccc(NC(=O)C(C)NC(C)c2ccccc2F)cc1. The summed E-state index contributed by atoms with van der Waals surface area (Å²) in [6.45, 7) is 3.51. The highest BCUT2D eigenvalue weighted by Crippen LogP contribution is 2.24. The number of halogens is 1. The van der Waals surface area contributed by atoms with E-state index in [0.717, 1.165) is 0 Å². The van der Waals surface area contributed by atoms with Gasteiger partial charge in [-0.15, -0.1) is 0 Å². The predicted octanol–water partition coefficient (Wildman–Crippen LogP) is 4.76. The number of carbonyl (C=O) groups is 2. The molecule has 0 aliphatic carbocycles. The number of rotatable bonds is 8. The van der Waals surface area contributed by atoms with Crippen LogP contribution in [0.5, 0.6) is 5.75 Å². The maximum absolute atomic E-state index is 13.9. The highest BCUT2D eigenvalue weighted by molar-refractivity contribution is 6.05. The number of benzene rings is 3. The topological polar surface area (TPSA) is 79.5 Å². The molecule has 0 saturated carbocycles. The maximum Gasteiger partial charge on any atom is 0.255 e. The van der Waals surface area contributed by atoms with Crippen molar-refractivity contribution >= 4 is 23.2 Å². The average molecular weight is 435 g/mol. The summed E-state index contributed by atoms with van der Waals surface area (Å²) in [6, 6.07) is 19.3. The van der Waals surface area contributed by atoms with Crippen LogP contribution >= 0.6 is 0 Å². The van der Waals surface area contributed by atoms with Gasteiger partial charge in [0.05, 0.1) is 18.8 Å². The van der Waals surface area contributed by atoms with E-state index in [1.54, 1.807) is 74.5 Å². The van der Waals surface area contributed by atoms with Gasteiger partial charge < -0.3 is 15.4 Å². The first-order valence-corrected chi connectivity index (χ1v) is 10.2. The molecule has 0 radical (unpaired) electrons. The van der Waals surface area contributed by atoms with Crippen LogP contribution in [0.15, 0.2) is 72.8 Å². The number of anilines is 2. The quantitative estimate of drug-likeness (QED) is 0.476. The first-order chi connectivity index (χ1) is 15.4. The van der Waals surface area contributed by atoms with Gasteiger partial charge in [-0.05, 0) is 56.3 Å². The molecule has 3 N–H and O–H groups in total. The molecule has 32 heavy (non-hydrogen) atoms. The van der Waals surface area contributed by atoms with Gasteiger partial charge in [-0.3, -0.25) is 14.9 Å². The van der Waals surface area contributed by atoms with Crippen LogP contribution in [0.1, 0.15) is 35.8 Å². The summed E-state index contributed by atoms with van der Waals surface area (Å²) in [7, 11) is 1.54. The summed E-state index contributed by atoms with van der Waals surface area (Å²) in [6.07, 6.45) is 0. The Morgan fingerprint density at radius 2 is 1.53 bits per heavy atom. The average Bonchev–Trinajstić information content (AvgIpc) is 2.80. The van der Waals surface area contributed by atoms with Gasteiger partial charge in [0.2, 0.25) is 5.91 Å². The summed E-state index contributed by atoms with van der Waals surface area (Å²) in [5.74, 6) is -0.307. The molecule has 3 rings (SSSR count). The monoisotopic (exact) mass is 435 g/mol. The zero-order chi connectivity index (χ0) is 23.1. The molecule has 0 bridgehead atoms. The third kappa shape index (κ3) is 5.70. The number of hydrogen-bond donors (Lipinski definition) is 3. The molecule has 0 aromatic heterocycles. The Bertz CT molecular complexity index is 1090. The largest absolute Gasteiger partial charge is 0.495 e. The van der Waals surface area contributed by atoms with E-state index in [2.05, 4.69) is 16.0 Å². The van der Waals surface area contributed by atoms with Crippen LogP contribution in [0.4, 0.5) is 15.8 Å². The molecule has 3 aromatic carbocycles. The predicted molar refractivity (Wildman–Crippen MR) is 123 cm³/mol. The van der Waals surface area contributed by atoms with Crippen LogP contribution in [-0.4, -0.2) is 25.0 Å². The summed E-state index contributed by atoms with van der Waals surface area (Å²) < 4.78 is 19.2. The molecule has 0 saturated heterocycles. The van der Waals surface area contributed by atoms with Gasteiger partial charge in [-0.2, -0.15) is 0 Å². The Labute approximate surface area is 186 Å². The van der Waals surface area contributed by atoms with Gasteiger partial charge in [0.25, 0.3) is 5.91 Å². The molecule has 166 valence electrons. The van der Waals surface area contributed by atoms with Crippen molar-refractivity contribution in [2.45, 2.75) is 25.9 Å². The Hall–Kier alpha value is -3.71. The lowest BCUT2D eigenvalue weighted by atomic mass is 10.1. The molecular formula is C25H26FN3O3. The molecular weight excluding hydrogens is 409 g/mol. The lowest BCUT2D eigenvalue weighted by Crippen LogP contribution is -2.39. The number of carbonyl (C=O) groups excluding carboxylic acids is 2. The summed E-state index contributed by atoms with van der Waals surface area (Å²) in [4.78, 5) is 25.0. The van der Waals surface area contributed by atoms with Gasteiger partial charge >= 0.3 is 0 Å². The second-order valence-electron chi connectivity index (χ2n) is 7.35. The molecule has 3 aromatic rings. The second kappa shape index (κ2) is 10.5. The fraction of sp³-hybridized carbons (Fsp3) is 0.200. The number of amides is 2. The molecule has 2 atom stereocenters. The Morgan fingerprint density at radius 3 is 2.22 bits per heavy atom. The Kier molecular flexibility index (Phi) is 7.57. The smallest absolute Gasteiger partial charge is 0.255 e. The fourth-order valence-corrected chi connectivity index (χ4v) is 3.26. The lowest BCUT2D eigenvalue weighted by molar-refractivity contribution is -0.117. The molecule has 0 spiro atoms. The minimum atomic E-state index is -0.557. The maximum atomic E-state index is 13.9. The number of methoxy groups -OCH3 is 1. The van der Waals surface area contributed by atoms with Crippen LogP contribution in [0.25, 0.3) is 0 Å². The Morgan fingerprint density at radius 1 is 0.875 bits per heavy atom. The van der Waals surface area contributed by atoms with Crippen LogP contribution < -0.4 is 20.7 Å². The molecule has 0 aliphatic heterocycles. The minimum absolute atomic E-state index is 0.264. The summed E-state index contributed by atoms with van der Waals surface area (Å²) >= 11 is 0. The molecule has 0 heterocycles. The van der Waals surface area contributed by atoms with E-state index in [1.165, 1.54) is 13.2 Å². The van der Waals surface area contributed by atoms with Crippen LogP contribution in [-0.2, 0) is 4.79 Å². The molecule has 7 heteroatoms. The van der Waals surface area contributed by atoms with Crippen molar-refractivity contribution in [3.63, 3.8) is 0 Å². The summed E-state index contributed by atoms with van der Waals surface area (Å²) in [5.41, 5.74) is 2.06. The third-order valence-electron chi connectivity index (χ3n) is 5.03. The Balaban J connectivity index is 1.58. The number of nitrogens with one attached hydrogen (secondary N) is 3. The van der Waals surface area contributed by atoms with E-state index in [-0.39, 0.29) is 23.7 Å². The van der Waals surface area contributed by atoms with Gasteiger partial charge in [0.15, 0.2) is 0 Å². The van der Waals surface area contributed by atoms with Crippen molar-refractivity contribution in [1.82, 2.24) is 5.32 Å². The molecule has 6 nitrogen and oxygen atoms in total. The first kappa shape index (κ1) is 23.0. The highest BCUT2D eigenvalue weighted by Gasteiger charge is 2.18. The minimum Gasteiger partial charge on any atom is -0.495 e. The van der Waals surface area contributed by atoms with Crippen LogP contribution in [0.2, 0.25) is 0 Å². The fourth-order valence-electron chi connectivity index (χ4n) is 3.26. The van der Waals surface area contributed by atoms with E-state index < -0.39 is 6.04 Å². The highest BCUT2D eigenvalue weighted by atomic mass is 19.1. The molecule has 2 amide bonds. The van der Waals surface area contributed by atoms with Gasteiger partial charge in [-0.1, -0.05) is 30.3 Å². The molecule has 2 unspecified atom stereocenters. The zero-order valence-electron chi connectivity index (χ0n) is 18.2. The number of para-hydroxylation sites is 2. The second-order valence-corrected chi connectivity index (χ2v) is 7.35. The summed E-state index contributed by atoms with van der Waals surface area (Å²) in [5, 5.41) is 8.70. The van der Waals surface area contributed by atoms with Gasteiger partial charge in [-0.25, -0.2) is 4.39 Å². The standard InChI is InChI=1S/C25H26FN3O3/c1-16(20-8-4-5-9-21(20)26)27-17(2)24(30)28-19-14-12-18(13-15-19)25(31)29-22-10-6-7-11-23(22)32-3/h4-17,27H,1-3H3,(H,28,30)(H,29,31). The van der Waals surface area contributed by atoms with Crippen molar-refractivity contribution in [2.24, 2.45) is 0 Å². The van der Waals surface area contributed by atoms with E-state index in [0.29, 0.717) is 28.3 Å².